The Bertz CT molecular complexity index is 356. The van der Waals surface area contributed by atoms with Crippen LogP contribution >= 0.6 is 11.8 Å². The molecule has 17 heavy (non-hydrogen) atoms. The zero-order valence-corrected chi connectivity index (χ0v) is 11.2. The van der Waals surface area contributed by atoms with Gasteiger partial charge in [0.25, 0.3) is 0 Å². The second kappa shape index (κ2) is 6.31. The Kier molecular flexibility index (Phi) is 4.75. The van der Waals surface area contributed by atoms with Gasteiger partial charge in [0.15, 0.2) is 0 Å². The van der Waals surface area contributed by atoms with Gasteiger partial charge in [-0.05, 0) is 48.8 Å². The first kappa shape index (κ1) is 12.8. The highest BCUT2D eigenvalue weighted by molar-refractivity contribution is 7.98. The van der Waals surface area contributed by atoms with Gasteiger partial charge < -0.3 is 10.5 Å². The smallest absolute Gasteiger partial charge is 0.122 e. The standard InChI is InChI=1S/C14H21NOS/c1-17-9-7-12(15)10-11-6-8-16-14-5-3-2-4-13(11)14/h2-5,11-12H,6-10,15H2,1H3. The van der Waals surface area contributed by atoms with Crippen LogP contribution in [0.1, 0.15) is 30.7 Å². The van der Waals surface area contributed by atoms with Gasteiger partial charge in [-0.25, -0.2) is 0 Å². The molecule has 1 aromatic rings. The Labute approximate surface area is 108 Å². The van der Waals surface area contributed by atoms with Gasteiger partial charge in [0.2, 0.25) is 0 Å². The molecule has 0 spiro atoms. The molecule has 1 heterocycles. The summed E-state index contributed by atoms with van der Waals surface area (Å²) in [6.45, 7) is 0.830. The Morgan fingerprint density at radius 3 is 3.12 bits per heavy atom. The highest BCUT2D eigenvalue weighted by atomic mass is 32.2. The third-order valence-electron chi connectivity index (χ3n) is 3.36. The Hall–Kier alpha value is -0.670. The van der Waals surface area contributed by atoms with E-state index < -0.39 is 0 Å². The minimum absolute atomic E-state index is 0.318. The van der Waals surface area contributed by atoms with Gasteiger partial charge in [-0.15, -0.1) is 0 Å². The SMILES string of the molecule is CSCCC(N)CC1CCOc2ccccc21. The number of benzene rings is 1. The van der Waals surface area contributed by atoms with Crippen LogP contribution in [-0.2, 0) is 0 Å². The molecule has 1 aliphatic rings. The maximum Gasteiger partial charge on any atom is 0.122 e. The molecule has 0 saturated heterocycles. The van der Waals surface area contributed by atoms with Crippen molar-refractivity contribution in [2.75, 3.05) is 18.6 Å². The van der Waals surface area contributed by atoms with Crippen LogP contribution in [0.4, 0.5) is 0 Å². The van der Waals surface area contributed by atoms with Crippen molar-refractivity contribution < 1.29 is 4.74 Å². The lowest BCUT2D eigenvalue weighted by molar-refractivity contribution is 0.258. The highest BCUT2D eigenvalue weighted by Gasteiger charge is 2.22. The number of hydrogen-bond donors (Lipinski definition) is 1. The summed E-state index contributed by atoms with van der Waals surface area (Å²) in [5.74, 6) is 2.80. The molecule has 2 N–H and O–H groups in total. The summed E-state index contributed by atoms with van der Waals surface area (Å²) >= 11 is 1.87. The molecule has 0 aliphatic carbocycles. The molecule has 0 saturated carbocycles. The minimum atomic E-state index is 0.318. The molecule has 0 bridgehead atoms. The molecule has 94 valence electrons. The number of ether oxygens (including phenoxy) is 1. The first-order chi connectivity index (χ1) is 8.31. The van der Waals surface area contributed by atoms with Crippen molar-refractivity contribution >= 4 is 11.8 Å². The van der Waals surface area contributed by atoms with Gasteiger partial charge in [-0.1, -0.05) is 18.2 Å². The van der Waals surface area contributed by atoms with Crippen molar-refractivity contribution in [2.45, 2.75) is 31.2 Å². The first-order valence-electron chi connectivity index (χ1n) is 6.27. The predicted octanol–water partition coefficient (Wildman–Crippen LogP) is 3.02. The zero-order valence-electron chi connectivity index (χ0n) is 10.4. The van der Waals surface area contributed by atoms with Crippen LogP contribution < -0.4 is 10.5 Å². The Morgan fingerprint density at radius 2 is 2.29 bits per heavy atom. The average molecular weight is 251 g/mol. The third-order valence-corrected chi connectivity index (χ3v) is 4.01. The highest BCUT2D eigenvalue weighted by Crippen LogP contribution is 2.36. The summed E-state index contributed by atoms with van der Waals surface area (Å²) in [5.41, 5.74) is 7.54. The lowest BCUT2D eigenvalue weighted by Crippen LogP contribution is -2.26. The van der Waals surface area contributed by atoms with Gasteiger partial charge in [-0.3, -0.25) is 0 Å². The van der Waals surface area contributed by atoms with Crippen LogP contribution in [0.25, 0.3) is 0 Å². The van der Waals surface area contributed by atoms with Gasteiger partial charge in [0.05, 0.1) is 6.61 Å². The summed E-state index contributed by atoms with van der Waals surface area (Å²) < 4.78 is 5.67. The maximum atomic E-state index is 6.19. The van der Waals surface area contributed by atoms with Gasteiger partial charge in [-0.2, -0.15) is 11.8 Å². The second-order valence-corrected chi connectivity index (χ2v) is 5.63. The van der Waals surface area contributed by atoms with Crippen LogP contribution in [0.5, 0.6) is 5.75 Å². The van der Waals surface area contributed by atoms with Gasteiger partial charge >= 0.3 is 0 Å². The average Bonchev–Trinajstić information content (AvgIpc) is 2.37. The van der Waals surface area contributed by atoms with Crippen molar-refractivity contribution in [1.82, 2.24) is 0 Å². The quantitative estimate of drug-likeness (QED) is 0.873. The predicted molar refractivity (Wildman–Crippen MR) is 74.9 cm³/mol. The van der Waals surface area contributed by atoms with Crippen LogP contribution in [-0.4, -0.2) is 24.7 Å². The lowest BCUT2D eigenvalue weighted by Gasteiger charge is -2.27. The fourth-order valence-corrected chi connectivity index (χ4v) is 2.95. The molecule has 2 nitrogen and oxygen atoms in total. The minimum Gasteiger partial charge on any atom is -0.493 e. The summed E-state index contributed by atoms with van der Waals surface area (Å²) in [4.78, 5) is 0. The summed E-state index contributed by atoms with van der Waals surface area (Å²) in [6, 6.07) is 8.69. The van der Waals surface area contributed by atoms with Crippen molar-refractivity contribution in [3.63, 3.8) is 0 Å². The van der Waals surface area contributed by atoms with Crippen LogP contribution in [0.3, 0.4) is 0 Å². The molecule has 0 fully saturated rings. The van der Waals surface area contributed by atoms with E-state index in [1.54, 1.807) is 0 Å². The molecule has 1 aliphatic heterocycles. The first-order valence-corrected chi connectivity index (χ1v) is 7.67. The summed E-state index contributed by atoms with van der Waals surface area (Å²) in [7, 11) is 0. The fraction of sp³-hybridized carbons (Fsp3) is 0.571. The van der Waals surface area contributed by atoms with Crippen molar-refractivity contribution in [3.05, 3.63) is 29.8 Å². The van der Waals surface area contributed by atoms with E-state index in [1.807, 2.05) is 17.8 Å². The third kappa shape index (κ3) is 3.39. The van der Waals surface area contributed by atoms with Gasteiger partial charge in [0.1, 0.15) is 5.75 Å². The largest absolute Gasteiger partial charge is 0.493 e. The number of thioether (sulfide) groups is 1. The van der Waals surface area contributed by atoms with Crippen molar-refractivity contribution in [2.24, 2.45) is 5.73 Å². The van der Waals surface area contributed by atoms with E-state index in [-0.39, 0.29) is 0 Å². The zero-order chi connectivity index (χ0) is 12.1. The van der Waals surface area contributed by atoms with E-state index in [9.17, 15) is 0 Å². The normalized spacial score (nSPS) is 20.5. The van der Waals surface area contributed by atoms with Crippen LogP contribution in [0.2, 0.25) is 0 Å². The monoisotopic (exact) mass is 251 g/mol. The maximum absolute atomic E-state index is 6.19. The molecular weight excluding hydrogens is 230 g/mol. The molecule has 2 unspecified atom stereocenters. The molecule has 2 atom stereocenters. The molecular formula is C14H21NOS. The molecule has 0 aromatic heterocycles. The van der Waals surface area contributed by atoms with E-state index in [0.717, 1.165) is 37.4 Å². The molecule has 2 rings (SSSR count). The molecule has 0 radical (unpaired) electrons. The van der Waals surface area contributed by atoms with E-state index in [4.69, 9.17) is 10.5 Å². The van der Waals surface area contributed by atoms with E-state index >= 15 is 0 Å². The second-order valence-electron chi connectivity index (χ2n) is 4.65. The summed E-state index contributed by atoms with van der Waals surface area (Å²) in [6.07, 6.45) is 5.43. The Balaban J connectivity index is 1.98. The van der Waals surface area contributed by atoms with E-state index in [0.29, 0.717) is 12.0 Å². The number of para-hydroxylation sites is 1. The molecule has 3 heteroatoms. The number of nitrogens with two attached hydrogens (primary N) is 1. The fourth-order valence-electron chi connectivity index (χ4n) is 2.41. The van der Waals surface area contributed by atoms with Crippen molar-refractivity contribution in [1.29, 1.82) is 0 Å². The Morgan fingerprint density at radius 1 is 1.47 bits per heavy atom. The van der Waals surface area contributed by atoms with Crippen LogP contribution in [0, 0.1) is 0 Å². The lowest BCUT2D eigenvalue weighted by atomic mass is 9.87. The topological polar surface area (TPSA) is 35.2 Å². The molecule has 0 amide bonds. The van der Waals surface area contributed by atoms with Crippen LogP contribution in [0.15, 0.2) is 24.3 Å². The van der Waals surface area contributed by atoms with Gasteiger partial charge in [0, 0.05) is 6.04 Å². The molecule has 1 aromatic carbocycles. The van der Waals surface area contributed by atoms with E-state index in [1.165, 1.54) is 5.56 Å². The van der Waals surface area contributed by atoms with Crippen molar-refractivity contribution in [3.8, 4) is 5.75 Å². The number of hydrogen-bond acceptors (Lipinski definition) is 3. The summed E-state index contributed by atoms with van der Waals surface area (Å²) in [5, 5.41) is 0. The number of rotatable bonds is 5. The van der Waals surface area contributed by atoms with E-state index in [2.05, 4.69) is 24.5 Å². The number of fused-ring (bicyclic) bond motifs is 1.